The molecule has 0 aromatic heterocycles. The summed E-state index contributed by atoms with van der Waals surface area (Å²) < 4.78 is 43.1. The number of allylic oxidation sites excluding steroid dienone is 2. The number of benzene rings is 1. The van der Waals surface area contributed by atoms with Crippen LogP contribution in [0.25, 0.3) is 0 Å². The molecular weight excluding hydrogens is 265 g/mol. The van der Waals surface area contributed by atoms with Crippen LogP contribution in [0.5, 0.6) is 0 Å². The molecule has 0 heterocycles. The first kappa shape index (κ1) is 16.5. The largest absolute Gasteiger partial charge is 0.395 e. The van der Waals surface area contributed by atoms with Crippen molar-refractivity contribution in [3.05, 3.63) is 60.7 Å². The zero-order valence-electron chi connectivity index (χ0n) is 11.3. The fourth-order valence-electron chi connectivity index (χ4n) is 1.68. The molecule has 0 saturated heterocycles. The second kappa shape index (κ2) is 8.59. The van der Waals surface area contributed by atoms with Gasteiger partial charge in [0.2, 0.25) is 0 Å². The molecule has 1 unspecified atom stereocenters. The molecule has 0 amide bonds. The van der Waals surface area contributed by atoms with Crippen LogP contribution >= 0.6 is 0 Å². The van der Waals surface area contributed by atoms with Crippen molar-refractivity contribution in [2.24, 2.45) is 5.92 Å². The zero-order valence-corrected chi connectivity index (χ0v) is 11.3. The van der Waals surface area contributed by atoms with E-state index in [0.29, 0.717) is 19.6 Å². The van der Waals surface area contributed by atoms with Gasteiger partial charge in [0.15, 0.2) is 0 Å². The molecule has 1 aromatic rings. The number of halogens is 3. The molecule has 0 N–H and O–H groups in total. The molecule has 0 radical (unpaired) electrons. The van der Waals surface area contributed by atoms with Gasteiger partial charge in [-0.3, -0.25) is 0 Å². The predicted molar refractivity (Wildman–Crippen MR) is 74.2 cm³/mol. The SMILES string of the molecule is C=CCC(/C=C/CCOCc1ccccc1)C(F)(F)F. The lowest BCUT2D eigenvalue weighted by molar-refractivity contribution is -0.160. The van der Waals surface area contributed by atoms with Gasteiger partial charge in [-0.2, -0.15) is 13.2 Å². The third-order valence-electron chi connectivity index (χ3n) is 2.75. The Bertz CT molecular complexity index is 409. The van der Waals surface area contributed by atoms with Crippen LogP contribution in [-0.4, -0.2) is 12.8 Å². The van der Waals surface area contributed by atoms with Crippen LogP contribution in [-0.2, 0) is 11.3 Å². The van der Waals surface area contributed by atoms with Crippen molar-refractivity contribution in [1.82, 2.24) is 0 Å². The van der Waals surface area contributed by atoms with Gasteiger partial charge in [0.25, 0.3) is 0 Å². The first-order chi connectivity index (χ1) is 9.54. The number of rotatable bonds is 8. The molecule has 20 heavy (non-hydrogen) atoms. The second-order valence-electron chi connectivity index (χ2n) is 4.43. The van der Waals surface area contributed by atoms with Crippen molar-refractivity contribution in [2.75, 3.05) is 6.61 Å². The van der Waals surface area contributed by atoms with Crippen LogP contribution in [0.15, 0.2) is 55.1 Å². The molecule has 0 aliphatic carbocycles. The third kappa shape index (κ3) is 6.57. The number of alkyl halides is 3. The summed E-state index contributed by atoms with van der Waals surface area (Å²) in [5.41, 5.74) is 1.05. The maximum Gasteiger partial charge on any atom is 0.395 e. The molecule has 0 aliphatic heterocycles. The Kier molecular flexibility index (Phi) is 7.09. The van der Waals surface area contributed by atoms with Gasteiger partial charge >= 0.3 is 6.18 Å². The Balaban J connectivity index is 2.25. The van der Waals surface area contributed by atoms with Gasteiger partial charge in [-0.05, 0) is 18.4 Å². The normalized spacial score (nSPS) is 13.6. The quantitative estimate of drug-likeness (QED) is 0.487. The van der Waals surface area contributed by atoms with Crippen LogP contribution in [0.3, 0.4) is 0 Å². The minimum absolute atomic E-state index is 0.0924. The van der Waals surface area contributed by atoms with E-state index >= 15 is 0 Å². The predicted octanol–water partition coefficient (Wildman–Crippen LogP) is 4.90. The molecule has 0 fully saturated rings. The summed E-state index contributed by atoms with van der Waals surface area (Å²) >= 11 is 0. The molecule has 110 valence electrons. The molecule has 1 aromatic carbocycles. The number of ether oxygens (including phenoxy) is 1. The summed E-state index contributed by atoms with van der Waals surface area (Å²) in [6, 6.07) is 9.64. The first-order valence-electron chi connectivity index (χ1n) is 6.50. The van der Waals surface area contributed by atoms with Crippen molar-refractivity contribution in [2.45, 2.75) is 25.6 Å². The van der Waals surface area contributed by atoms with E-state index < -0.39 is 12.1 Å². The van der Waals surface area contributed by atoms with Gasteiger partial charge in [-0.25, -0.2) is 0 Å². The lowest BCUT2D eigenvalue weighted by atomic mass is 10.0. The van der Waals surface area contributed by atoms with E-state index in [4.69, 9.17) is 4.74 Å². The Morgan fingerprint density at radius 2 is 1.90 bits per heavy atom. The highest BCUT2D eigenvalue weighted by atomic mass is 19.4. The Hall–Kier alpha value is -1.55. The van der Waals surface area contributed by atoms with Gasteiger partial charge in [0, 0.05) is 0 Å². The van der Waals surface area contributed by atoms with Crippen LogP contribution in [0.4, 0.5) is 13.2 Å². The fraction of sp³-hybridized carbons (Fsp3) is 0.375. The Labute approximate surface area is 117 Å². The van der Waals surface area contributed by atoms with E-state index in [1.54, 1.807) is 0 Å². The molecule has 0 saturated carbocycles. The number of hydrogen-bond acceptors (Lipinski definition) is 1. The summed E-state index contributed by atoms with van der Waals surface area (Å²) in [5, 5.41) is 0. The fourth-order valence-corrected chi connectivity index (χ4v) is 1.68. The van der Waals surface area contributed by atoms with Crippen molar-refractivity contribution in [3.8, 4) is 0 Å². The van der Waals surface area contributed by atoms with Crippen molar-refractivity contribution < 1.29 is 17.9 Å². The molecule has 4 heteroatoms. The highest BCUT2D eigenvalue weighted by molar-refractivity contribution is 5.13. The van der Waals surface area contributed by atoms with Gasteiger partial charge in [0.05, 0.1) is 19.1 Å². The molecule has 1 rings (SSSR count). The van der Waals surface area contributed by atoms with E-state index in [0.717, 1.165) is 5.56 Å². The topological polar surface area (TPSA) is 9.23 Å². The lowest BCUT2D eigenvalue weighted by Gasteiger charge is -2.14. The van der Waals surface area contributed by atoms with Gasteiger partial charge in [-0.1, -0.05) is 48.6 Å². The zero-order chi connectivity index (χ0) is 14.8. The number of hydrogen-bond donors (Lipinski definition) is 0. The van der Waals surface area contributed by atoms with Crippen LogP contribution < -0.4 is 0 Å². The van der Waals surface area contributed by atoms with Gasteiger partial charge < -0.3 is 4.74 Å². The average molecular weight is 284 g/mol. The third-order valence-corrected chi connectivity index (χ3v) is 2.75. The highest BCUT2D eigenvalue weighted by Gasteiger charge is 2.36. The average Bonchev–Trinajstić information content (AvgIpc) is 2.41. The van der Waals surface area contributed by atoms with Crippen LogP contribution in [0, 0.1) is 5.92 Å². The maximum atomic E-state index is 12.6. The summed E-state index contributed by atoms with van der Waals surface area (Å²) in [6.45, 7) is 4.23. The smallest absolute Gasteiger partial charge is 0.376 e. The molecule has 1 nitrogen and oxygen atoms in total. The molecular formula is C16H19F3O. The maximum absolute atomic E-state index is 12.6. The van der Waals surface area contributed by atoms with Crippen molar-refractivity contribution >= 4 is 0 Å². The van der Waals surface area contributed by atoms with Crippen molar-refractivity contribution in [3.63, 3.8) is 0 Å². The summed E-state index contributed by atoms with van der Waals surface area (Å²) in [4.78, 5) is 0. The van der Waals surface area contributed by atoms with Crippen LogP contribution in [0.1, 0.15) is 18.4 Å². The van der Waals surface area contributed by atoms with Crippen molar-refractivity contribution in [1.29, 1.82) is 0 Å². The first-order valence-corrected chi connectivity index (χ1v) is 6.50. The monoisotopic (exact) mass is 284 g/mol. The van der Waals surface area contributed by atoms with Crippen LogP contribution in [0.2, 0.25) is 0 Å². The lowest BCUT2D eigenvalue weighted by Crippen LogP contribution is -2.20. The van der Waals surface area contributed by atoms with E-state index in [1.165, 1.54) is 18.2 Å². The molecule has 0 bridgehead atoms. The Morgan fingerprint density at radius 1 is 1.20 bits per heavy atom. The minimum Gasteiger partial charge on any atom is -0.376 e. The van der Waals surface area contributed by atoms with E-state index in [1.807, 2.05) is 30.3 Å². The second-order valence-corrected chi connectivity index (χ2v) is 4.43. The molecule has 0 spiro atoms. The Morgan fingerprint density at radius 3 is 2.50 bits per heavy atom. The van der Waals surface area contributed by atoms with E-state index in [-0.39, 0.29) is 6.42 Å². The van der Waals surface area contributed by atoms with E-state index in [2.05, 4.69) is 6.58 Å². The van der Waals surface area contributed by atoms with Gasteiger partial charge in [0.1, 0.15) is 0 Å². The summed E-state index contributed by atoms with van der Waals surface area (Å²) in [7, 11) is 0. The standard InChI is InChI=1S/C16H19F3O/c1-2-8-15(16(17,18)19)11-6-7-12-20-13-14-9-4-3-5-10-14/h2-6,9-11,15H,1,7-8,12-13H2/b11-6+. The van der Waals surface area contributed by atoms with Gasteiger partial charge in [-0.15, -0.1) is 6.58 Å². The minimum atomic E-state index is -4.21. The molecule has 0 aliphatic rings. The molecule has 1 atom stereocenters. The summed E-state index contributed by atoms with van der Waals surface area (Å²) in [5.74, 6) is -1.45. The summed E-state index contributed by atoms with van der Waals surface area (Å²) in [6.07, 6.45) is 0.158. The highest BCUT2D eigenvalue weighted by Crippen LogP contribution is 2.30. The van der Waals surface area contributed by atoms with E-state index in [9.17, 15) is 13.2 Å².